The van der Waals surface area contributed by atoms with Gasteiger partial charge < -0.3 is 24.0 Å². The van der Waals surface area contributed by atoms with Crippen LogP contribution in [0.15, 0.2) is 84.9 Å². The van der Waals surface area contributed by atoms with Gasteiger partial charge in [-0.05, 0) is 47.5 Å². The first kappa shape index (κ1) is 29.9. The predicted molar refractivity (Wildman–Crippen MR) is 185 cm³/mol. The van der Waals surface area contributed by atoms with Crippen molar-refractivity contribution in [2.75, 3.05) is 38.8 Å². The standard InChI is InChI=1S/C36H31N3O5S2/c1-43-26-17-25(18-27(19-26)44-2)29-10-8-23-16-24(9-11-28(23)37-29)34-33(22-6-4-3-5-7-22)35-30(20-31(46-35)36(41)42)39(34)21-32(40)38-12-14-45-15-13-38/h3-11,16-20H,12-15,21H2,1-2H3,(H,41,42). The number of benzene rings is 3. The minimum absolute atomic E-state index is 0.0296. The largest absolute Gasteiger partial charge is 0.497 e. The Hall–Kier alpha value is -4.80. The number of ether oxygens (including phenoxy) is 2. The van der Waals surface area contributed by atoms with E-state index in [0.29, 0.717) is 24.6 Å². The van der Waals surface area contributed by atoms with Crippen molar-refractivity contribution in [3.05, 3.63) is 89.8 Å². The molecule has 1 aliphatic rings. The second-order valence-electron chi connectivity index (χ2n) is 11.0. The zero-order valence-corrected chi connectivity index (χ0v) is 27.0. The van der Waals surface area contributed by atoms with Gasteiger partial charge in [-0.3, -0.25) is 4.79 Å². The number of amides is 1. The van der Waals surface area contributed by atoms with Crippen molar-refractivity contribution in [3.63, 3.8) is 0 Å². The van der Waals surface area contributed by atoms with Crippen LogP contribution < -0.4 is 9.47 Å². The van der Waals surface area contributed by atoms with Crippen LogP contribution in [0.1, 0.15) is 9.67 Å². The highest BCUT2D eigenvalue weighted by Crippen LogP contribution is 2.45. The minimum Gasteiger partial charge on any atom is -0.497 e. The predicted octanol–water partition coefficient (Wildman–Crippen LogP) is 7.54. The molecule has 46 heavy (non-hydrogen) atoms. The SMILES string of the molecule is COc1cc(OC)cc(-c2ccc3cc(-c4c(-c5ccccc5)c5sc(C(=O)O)cc5n4CC(=O)N4CCSCC4)ccc3n2)c1. The molecule has 1 saturated heterocycles. The van der Waals surface area contributed by atoms with Crippen LogP contribution in [0.2, 0.25) is 0 Å². The number of aromatic nitrogens is 2. The van der Waals surface area contributed by atoms with Crippen LogP contribution in [0.3, 0.4) is 0 Å². The number of aromatic carboxylic acids is 1. The smallest absolute Gasteiger partial charge is 0.345 e. The molecule has 0 atom stereocenters. The monoisotopic (exact) mass is 649 g/mol. The third-order valence-corrected chi connectivity index (χ3v) is 10.3. The van der Waals surface area contributed by atoms with E-state index in [1.165, 1.54) is 11.3 Å². The molecule has 1 amide bonds. The topological polar surface area (TPSA) is 93.9 Å². The summed E-state index contributed by atoms with van der Waals surface area (Å²) >= 11 is 3.10. The lowest BCUT2D eigenvalue weighted by atomic mass is 9.99. The number of rotatable bonds is 8. The van der Waals surface area contributed by atoms with Crippen molar-refractivity contribution in [1.29, 1.82) is 0 Å². The molecule has 1 aliphatic heterocycles. The first-order chi connectivity index (χ1) is 22.4. The van der Waals surface area contributed by atoms with Crippen molar-refractivity contribution in [1.82, 2.24) is 14.5 Å². The van der Waals surface area contributed by atoms with Gasteiger partial charge in [0.05, 0.1) is 41.3 Å². The molecule has 0 saturated carbocycles. The molecule has 4 heterocycles. The summed E-state index contributed by atoms with van der Waals surface area (Å²) in [4.78, 5) is 32.9. The Balaban J connectivity index is 1.39. The number of carbonyl (C=O) groups excluding carboxylic acids is 1. The van der Waals surface area contributed by atoms with Gasteiger partial charge in [0.1, 0.15) is 22.9 Å². The van der Waals surface area contributed by atoms with E-state index in [0.717, 1.165) is 66.3 Å². The molecule has 8 nitrogen and oxygen atoms in total. The molecular weight excluding hydrogens is 619 g/mol. The fourth-order valence-corrected chi connectivity index (χ4v) is 7.97. The van der Waals surface area contributed by atoms with Crippen LogP contribution in [0.25, 0.3) is 54.8 Å². The van der Waals surface area contributed by atoms with Gasteiger partial charge in [-0.15, -0.1) is 11.3 Å². The molecule has 1 N–H and O–H groups in total. The van der Waals surface area contributed by atoms with Crippen molar-refractivity contribution in [2.45, 2.75) is 6.54 Å². The molecule has 232 valence electrons. The van der Waals surface area contributed by atoms with E-state index in [2.05, 4.69) is 6.07 Å². The molecular formula is C36H31N3O5S2. The molecule has 0 bridgehead atoms. The Morgan fingerprint density at radius 3 is 2.28 bits per heavy atom. The van der Waals surface area contributed by atoms with Gasteiger partial charge >= 0.3 is 5.97 Å². The number of methoxy groups -OCH3 is 2. The second-order valence-corrected chi connectivity index (χ2v) is 13.3. The number of carbonyl (C=O) groups is 2. The Morgan fingerprint density at radius 1 is 0.848 bits per heavy atom. The van der Waals surface area contributed by atoms with Gasteiger partial charge in [0.2, 0.25) is 5.91 Å². The molecule has 10 heteroatoms. The van der Waals surface area contributed by atoms with E-state index in [4.69, 9.17) is 14.5 Å². The van der Waals surface area contributed by atoms with Gasteiger partial charge in [-0.2, -0.15) is 11.8 Å². The normalized spacial score (nSPS) is 13.3. The van der Waals surface area contributed by atoms with E-state index in [-0.39, 0.29) is 17.3 Å². The minimum atomic E-state index is -0.978. The van der Waals surface area contributed by atoms with Crippen molar-refractivity contribution in [2.24, 2.45) is 0 Å². The highest BCUT2D eigenvalue weighted by molar-refractivity contribution is 7.99. The quantitative estimate of drug-likeness (QED) is 0.182. The van der Waals surface area contributed by atoms with Gasteiger partial charge in [0.15, 0.2) is 0 Å². The van der Waals surface area contributed by atoms with Gasteiger partial charge in [0, 0.05) is 47.2 Å². The number of nitrogens with zero attached hydrogens (tertiary/aromatic N) is 3. The third kappa shape index (κ3) is 5.59. The molecule has 0 unspecified atom stereocenters. The van der Waals surface area contributed by atoms with Crippen LogP contribution >= 0.6 is 23.1 Å². The number of pyridine rings is 1. The number of fused-ring (bicyclic) bond motifs is 2. The van der Waals surface area contributed by atoms with Crippen LogP contribution in [0, 0.1) is 0 Å². The second kappa shape index (κ2) is 12.5. The summed E-state index contributed by atoms with van der Waals surface area (Å²) < 4.78 is 13.8. The summed E-state index contributed by atoms with van der Waals surface area (Å²) in [6.45, 7) is 1.54. The van der Waals surface area contributed by atoms with E-state index in [9.17, 15) is 14.7 Å². The highest BCUT2D eigenvalue weighted by atomic mass is 32.2. The van der Waals surface area contributed by atoms with Crippen LogP contribution in [0.4, 0.5) is 0 Å². The fourth-order valence-electron chi connectivity index (χ4n) is 6.00. The zero-order valence-electron chi connectivity index (χ0n) is 25.4. The van der Waals surface area contributed by atoms with E-state index >= 15 is 0 Å². The van der Waals surface area contributed by atoms with Crippen molar-refractivity contribution >= 4 is 56.1 Å². The number of hydrogen-bond donors (Lipinski definition) is 1. The Bertz CT molecular complexity index is 2080. The first-order valence-corrected chi connectivity index (χ1v) is 16.9. The number of hydrogen-bond acceptors (Lipinski definition) is 7. The lowest BCUT2D eigenvalue weighted by Crippen LogP contribution is -2.39. The maximum Gasteiger partial charge on any atom is 0.345 e. The Kier molecular flexibility index (Phi) is 8.14. The lowest BCUT2D eigenvalue weighted by molar-refractivity contribution is -0.131. The number of carboxylic acid groups (broad SMARTS) is 1. The summed E-state index contributed by atoms with van der Waals surface area (Å²) in [5.41, 5.74) is 6.92. The summed E-state index contributed by atoms with van der Waals surface area (Å²) in [5.74, 6) is 2.25. The maximum atomic E-state index is 13.7. The summed E-state index contributed by atoms with van der Waals surface area (Å²) in [7, 11) is 3.25. The summed E-state index contributed by atoms with van der Waals surface area (Å²) in [5, 5.41) is 10.9. The maximum absolute atomic E-state index is 13.7. The van der Waals surface area contributed by atoms with E-state index in [1.807, 2.05) is 94.0 Å². The Morgan fingerprint density at radius 2 is 1.59 bits per heavy atom. The molecule has 7 rings (SSSR count). The summed E-state index contributed by atoms with van der Waals surface area (Å²) in [6.07, 6.45) is 0. The fraction of sp³-hybridized carbons (Fsp3) is 0.194. The number of carboxylic acids is 1. The van der Waals surface area contributed by atoms with Gasteiger partial charge in [0.25, 0.3) is 0 Å². The van der Waals surface area contributed by atoms with E-state index in [1.54, 1.807) is 20.3 Å². The highest BCUT2D eigenvalue weighted by Gasteiger charge is 2.27. The molecule has 6 aromatic rings. The first-order valence-electron chi connectivity index (χ1n) is 14.9. The van der Waals surface area contributed by atoms with Gasteiger partial charge in [-0.1, -0.05) is 42.5 Å². The Labute approximate surface area is 274 Å². The average molecular weight is 650 g/mol. The molecule has 0 radical (unpaired) electrons. The lowest BCUT2D eigenvalue weighted by Gasteiger charge is -2.27. The summed E-state index contributed by atoms with van der Waals surface area (Å²) in [6, 6.07) is 27.5. The molecule has 3 aromatic heterocycles. The molecule has 3 aromatic carbocycles. The van der Waals surface area contributed by atoms with Crippen LogP contribution in [-0.2, 0) is 11.3 Å². The van der Waals surface area contributed by atoms with Crippen LogP contribution in [-0.4, -0.2) is 70.2 Å². The van der Waals surface area contributed by atoms with Crippen molar-refractivity contribution < 1.29 is 24.2 Å². The zero-order chi connectivity index (χ0) is 31.8. The van der Waals surface area contributed by atoms with Crippen molar-refractivity contribution in [3.8, 4) is 45.1 Å². The van der Waals surface area contributed by atoms with E-state index < -0.39 is 5.97 Å². The molecule has 1 fully saturated rings. The van der Waals surface area contributed by atoms with Crippen LogP contribution in [0.5, 0.6) is 11.5 Å². The third-order valence-electron chi connectivity index (χ3n) is 8.28. The number of thiophene rings is 1. The molecule has 0 spiro atoms. The molecule has 0 aliphatic carbocycles. The average Bonchev–Trinajstić information content (AvgIpc) is 3.66. The van der Waals surface area contributed by atoms with Gasteiger partial charge in [-0.25, -0.2) is 9.78 Å². The number of thioether (sulfide) groups is 1.